The number of hydrogen-bond acceptors (Lipinski definition) is 4. The van der Waals surface area contributed by atoms with Crippen LogP contribution in [0.25, 0.3) is 0 Å². The molecule has 1 unspecified atom stereocenters. The molecule has 90 valence electrons. The van der Waals surface area contributed by atoms with Gasteiger partial charge in [0.1, 0.15) is 0 Å². The maximum absolute atomic E-state index is 10.7. The van der Waals surface area contributed by atoms with Crippen LogP contribution in [0.2, 0.25) is 0 Å². The average Bonchev–Trinajstić information content (AvgIpc) is 2.45. The zero-order chi connectivity index (χ0) is 12.1. The fourth-order valence-electron chi connectivity index (χ4n) is 1.49. The Morgan fingerprint density at radius 3 is 2.69 bits per heavy atom. The zero-order valence-electron chi connectivity index (χ0n) is 9.91. The van der Waals surface area contributed by atoms with Crippen molar-refractivity contribution in [3.8, 4) is 0 Å². The van der Waals surface area contributed by atoms with E-state index in [-0.39, 0.29) is 12.5 Å². The van der Waals surface area contributed by atoms with Gasteiger partial charge < -0.3 is 10.4 Å². The van der Waals surface area contributed by atoms with E-state index in [9.17, 15) is 4.79 Å². The molecule has 0 saturated carbocycles. The quantitative estimate of drug-likeness (QED) is 0.805. The van der Waals surface area contributed by atoms with E-state index in [2.05, 4.69) is 17.2 Å². The van der Waals surface area contributed by atoms with Gasteiger partial charge >= 0.3 is 5.97 Å². The molecular formula is C11H18N2O2S. The van der Waals surface area contributed by atoms with E-state index in [0.29, 0.717) is 0 Å². The molecule has 16 heavy (non-hydrogen) atoms. The molecule has 2 N–H and O–H groups in total. The molecule has 0 amide bonds. The van der Waals surface area contributed by atoms with Gasteiger partial charge in [0.15, 0.2) is 5.13 Å². The molecular weight excluding hydrogens is 224 g/mol. The van der Waals surface area contributed by atoms with Crippen molar-refractivity contribution in [2.45, 2.75) is 46.1 Å². The van der Waals surface area contributed by atoms with Gasteiger partial charge in [-0.15, -0.1) is 11.3 Å². The minimum Gasteiger partial charge on any atom is -0.481 e. The fraction of sp³-hybridized carbons (Fsp3) is 0.636. The van der Waals surface area contributed by atoms with E-state index in [1.807, 2.05) is 13.8 Å². The topological polar surface area (TPSA) is 62.2 Å². The molecule has 1 aromatic heterocycles. The molecule has 0 aliphatic rings. The number of aromatic nitrogens is 1. The van der Waals surface area contributed by atoms with Crippen LogP contribution in [0, 0.1) is 13.8 Å². The number of carboxylic acid groups (broad SMARTS) is 1. The molecule has 0 aliphatic heterocycles. The van der Waals surface area contributed by atoms with Crippen LogP contribution in [0.4, 0.5) is 5.13 Å². The Bertz CT molecular complexity index is 343. The van der Waals surface area contributed by atoms with Crippen molar-refractivity contribution < 1.29 is 9.90 Å². The summed E-state index contributed by atoms with van der Waals surface area (Å²) in [6, 6.07) is -0.0209. The Labute approximate surface area is 99.7 Å². The number of carbonyl (C=O) groups is 1. The van der Waals surface area contributed by atoms with Gasteiger partial charge in [-0.05, 0) is 20.3 Å². The minimum atomic E-state index is -0.768. The van der Waals surface area contributed by atoms with Crippen molar-refractivity contribution in [2.75, 3.05) is 5.32 Å². The predicted molar refractivity (Wildman–Crippen MR) is 66.2 cm³/mol. The number of hydrogen-bond donors (Lipinski definition) is 2. The third-order valence-corrected chi connectivity index (χ3v) is 3.42. The van der Waals surface area contributed by atoms with Crippen LogP contribution in [0.5, 0.6) is 0 Å². The lowest BCUT2D eigenvalue weighted by molar-refractivity contribution is -0.137. The normalized spacial score (nSPS) is 12.4. The average molecular weight is 242 g/mol. The van der Waals surface area contributed by atoms with Crippen LogP contribution in [0.3, 0.4) is 0 Å². The van der Waals surface area contributed by atoms with E-state index in [1.54, 1.807) is 11.3 Å². The highest BCUT2D eigenvalue weighted by molar-refractivity contribution is 7.15. The molecule has 0 radical (unpaired) electrons. The highest BCUT2D eigenvalue weighted by Crippen LogP contribution is 2.23. The summed E-state index contributed by atoms with van der Waals surface area (Å²) in [5.41, 5.74) is 1.01. The van der Waals surface area contributed by atoms with Gasteiger partial charge in [0.2, 0.25) is 0 Å². The predicted octanol–water partition coefficient (Wildman–Crippen LogP) is 2.82. The van der Waals surface area contributed by atoms with Gasteiger partial charge in [-0.3, -0.25) is 4.79 Å². The number of rotatable bonds is 6. The number of carboxylic acids is 1. The lowest BCUT2D eigenvalue weighted by atomic mass is 10.1. The first-order valence-corrected chi connectivity index (χ1v) is 6.27. The molecule has 4 nitrogen and oxygen atoms in total. The van der Waals surface area contributed by atoms with Crippen molar-refractivity contribution in [3.63, 3.8) is 0 Å². The Morgan fingerprint density at radius 1 is 1.56 bits per heavy atom. The molecule has 0 aromatic carbocycles. The summed E-state index contributed by atoms with van der Waals surface area (Å²) in [4.78, 5) is 16.2. The lowest BCUT2D eigenvalue weighted by Crippen LogP contribution is -2.22. The van der Waals surface area contributed by atoms with E-state index in [1.165, 1.54) is 4.88 Å². The second-order valence-electron chi connectivity index (χ2n) is 3.89. The summed E-state index contributed by atoms with van der Waals surface area (Å²) < 4.78 is 0. The summed E-state index contributed by atoms with van der Waals surface area (Å²) in [6.45, 7) is 6.03. The smallest absolute Gasteiger partial charge is 0.305 e. The van der Waals surface area contributed by atoms with Gasteiger partial charge in [0, 0.05) is 10.9 Å². The van der Waals surface area contributed by atoms with Gasteiger partial charge in [-0.25, -0.2) is 4.98 Å². The molecule has 0 bridgehead atoms. The molecule has 0 fully saturated rings. The number of thiazole rings is 1. The maximum atomic E-state index is 10.7. The van der Waals surface area contributed by atoms with Crippen molar-refractivity contribution in [2.24, 2.45) is 0 Å². The Hall–Kier alpha value is -1.10. The SMILES string of the molecule is CCCC(CC(=O)O)Nc1nc(C)c(C)s1. The molecule has 1 atom stereocenters. The Morgan fingerprint density at radius 2 is 2.25 bits per heavy atom. The monoisotopic (exact) mass is 242 g/mol. The Kier molecular flexibility index (Phi) is 4.73. The van der Waals surface area contributed by atoms with Crippen molar-refractivity contribution in [3.05, 3.63) is 10.6 Å². The number of anilines is 1. The number of nitrogens with one attached hydrogen (secondary N) is 1. The van der Waals surface area contributed by atoms with Crippen LogP contribution >= 0.6 is 11.3 Å². The summed E-state index contributed by atoms with van der Waals surface area (Å²) in [5.74, 6) is -0.768. The first-order valence-electron chi connectivity index (χ1n) is 5.45. The van der Waals surface area contributed by atoms with Crippen LogP contribution in [0.1, 0.15) is 36.8 Å². The van der Waals surface area contributed by atoms with Crippen molar-refractivity contribution in [1.82, 2.24) is 4.98 Å². The second kappa shape index (κ2) is 5.84. The van der Waals surface area contributed by atoms with Crippen molar-refractivity contribution >= 4 is 22.4 Å². The summed E-state index contributed by atoms with van der Waals surface area (Å²) in [5, 5.41) is 12.8. The standard InChI is InChI=1S/C11H18N2O2S/c1-4-5-9(6-10(14)15)13-11-12-7(2)8(3)16-11/h9H,4-6H2,1-3H3,(H,12,13)(H,14,15). The molecule has 5 heteroatoms. The maximum Gasteiger partial charge on any atom is 0.305 e. The molecule has 1 aromatic rings. The summed E-state index contributed by atoms with van der Waals surface area (Å²) >= 11 is 1.58. The molecule has 1 heterocycles. The highest BCUT2D eigenvalue weighted by Gasteiger charge is 2.14. The zero-order valence-corrected chi connectivity index (χ0v) is 10.7. The molecule has 0 saturated heterocycles. The number of aryl methyl sites for hydroxylation is 2. The van der Waals surface area contributed by atoms with Gasteiger partial charge in [0.05, 0.1) is 12.1 Å². The third-order valence-electron chi connectivity index (χ3n) is 2.41. The fourth-order valence-corrected chi connectivity index (χ4v) is 2.39. The summed E-state index contributed by atoms with van der Waals surface area (Å²) in [7, 11) is 0. The van der Waals surface area contributed by atoms with E-state index >= 15 is 0 Å². The molecule has 1 rings (SSSR count). The molecule has 0 spiro atoms. The van der Waals surface area contributed by atoms with E-state index in [0.717, 1.165) is 23.7 Å². The minimum absolute atomic E-state index is 0.0209. The first kappa shape index (κ1) is 13.0. The Balaban J connectivity index is 2.63. The number of nitrogens with zero attached hydrogens (tertiary/aromatic N) is 1. The van der Waals surface area contributed by atoms with E-state index < -0.39 is 5.97 Å². The van der Waals surface area contributed by atoms with Gasteiger partial charge in [-0.1, -0.05) is 13.3 Å². The lowest BCUT2D eigenvalue weighted by Gasteiger charge is -2.14. The molecule has 0 aliphatic carbocycles. The van der Waals surface area contributed by atoms with Crippen LogP contribution < -0.4 is 5.32 Å². The van der Waals surface area contributed by atoms with Crippen molar-refractivity contribution in [1.29, 1.82) is 0 Å². The van der Waals surface area contributed by atoms with Gasteiger partial charge in [0.25, 0.3) is 0 Å². The second-order valence-corrected chi connectivity index (χ2v) is 5.09. The first-order chi connectivity index (χ1) is 7.52. The van der Waals surface area contributed by atoms with Crippen LogP contribution in [-0.4, -0.2) is 22.1 Å². The third kappa shape index (κ3) is 3.81. The highest BCUT2D eigenvalue weighted by atomic mass is 32.1. The van der Waals surface area contributed by atoms with Gasteiger partial charge in [-0.2, -0.15) is 0 Å². The van der Waals surface area contributed by atoms with E-state index in [4.69, 9.17) is 5.11 Å². The number of aliphatic carboxylic acids is 1. The van der Waals surface area contributed by atoms with Crippen LogP contribution in [0.15, 0.2) is 0 Å². The largest absolute Gasteiger partial charge is 0.481 e. The van der Waals surface area contributed by atoms with Crippen LogP contribution in [-0.2, 0) is 4.79 Å². The summed E-state index contributed by atoms with van der Waals surface area (Å²) in [6.07, 6.45) is 1.96.